The molecule has 3 N–H and O–H groups in total. The lowest BCUT2D eigenvalue weighted by atomic mass is 10.1. The monoisotopic (exact) mass is 417 g/mol. The zero-order valence-corrected chi connectivity index (χ0v) is 17.3. The molecule has 0 saturated carbocycles. The molecule has 1 fully saturated rings. The Morgan fingerprint density at radius 3 is 2.77 bits per heavy atom. The molecule has 2 aromatic carbocycles. The molecule has 5 rings (SSSR count). The first-order valence-electron chi connectivity index (χ1n) is 10.1. The van der Waals surface area contributed by atoms with Crippen LogP contribution in [-0.2, 0) is 6.54 Å². The number of hydrogen-bond donors (Lipinski definition) is 3. The molecule has 0 amide bonds. The molecule has 0 atom stereocenters. The zero-order valence-electron chi connectivity index (χ0n) is 16.5. The topological polar surface area (TPSA) is 73.3 Å². The predicted molar refractivity (Wildman–Crippen MR) is 122 cm³/mol. The van der Waals surface area contributed by atoms with E-state index in [4.69, 9.17) is 0 Å². The first kappa shape index (κ1) is 19.0. The molecule has 6 nitrogen and oxygen atoms in total. The standard InChI is InChI=1S/C23H23N5OS/c29-19-6-2-5-18(12-19)27-23-22-20(25-15-26-23)13-21(30-22)17-4-1-3-16(11-17)14-28-9-7-24-8-10-28/h1-6,11-13,15,24,29H,7-10,14H2,(H,25,26,27). The van der Waals surface area contributed by atoms with Gasteiger partial charge in [-0.3, -0.25) is 4.90 Å². The van der Waals surface area contributed by atoms with Crippen molar-refractivity contribution in [2.45, 2.75) is 6.54 Å². The average Bonchev–Trinajstić information content (AvgIpc) is 3.20. The molecule has 152 valence electrons. The summed E-state index contributed by atoms with van der Waals surface area (Å²) >= 11 is 1.68. The zero-order chi connectivity index (χ0) is 20.3. The van der Waals surface area contributed by atoms with Crippen LogP contribution in [-0.4, -0.2) is 46.2 Å². The Morgan fingerprint density at radius 2 is 1.90 bits per heavy atom. The van der Waals surface area contributed by atoms with Gasteiger partial charge in [0.2, 0.25) is 0 Å². The van der Waals surface area contributed by atoms with Crippen molar-refractivity contribution in [2.75, 3.05) is 31.5 Å². The van der Waals surface area contributed by atoms with Crippen LogP contribution in [0.3, 0.4) is 0 Å². The second-order valence-corrected chi connectivity index (χ2v) is 8.50. The molecule has 3 heterocycles. The van der Waals surface area contributed by atoms with Crippen molar-refractivity contribution in [1.29, 1.82) is 0 Å². The number of nitrogens with zero attached hydrogens (tertiary/aromatic N) is 3. The van der Waals surface area contributed by atoms with Crippen LogP contribution in [0, 0.1) is 0 Å². The SMILES string of the molecule is Oc1cccc(Nc2ncnc3cc(-c4cccc(CN5CCNCC5)c4)sc23)c1. The number of benzene rings is 2. The Labute approximate surface area is 179 Å². The molecule has 30 heavy (non-hydrogen) atoms. The maximum absolute atomic E-state index is 9.72. The Balaban J connectivity index is 1.43. The highest BCUT2D eigenvalue weighted by Gasteiger charge is 2.13. The van der Waals surface area contributed by atoms with Crippen LogP contribution in [0.25, 0.3) is 20.7 Å². The summed E-state index contributed by atoms with van der Waals surface area (Å²) in [7, 11) is 0. The van der Waals surface area contributed by atoms with E-state index >= 15 is 0 Å². The molecule has 4 aromatic rings. The third kappa shape index (κ3) is 4.14. The number of thiophene rings is 1. The van der Waals surface area contributed by atoms with E-state index in [-0.39, 0.29) is 5.75 Å². The van der Waals surface area contributed by atoms with Crippen molar-refractivity contribution in [2.24, 2.45) is 0 Å². The van der Waals surface area contributed by atoms with Crippen molar-refractivity contribution in [3.8, 4) is 16.2 Å². The molecule has 0 aliphatic carbocycles. The molecule has 1 saturated heterocycles. The van der Waals surface area contributed by atoms with Gasteiger partial charge in [-0.2, -0.15) is 0 Å². The van der Waals surface area contributed by atoms with Gasteiger partial charge in [0, 0.05) is 49.4 Å². The summed E-state index contributed by atoms with van der Waals surface area (Å²) in [4.78, 5) is 12.5. The van der Waals surface area contributed by atoms with E-state index in [2.05, 4.69) is 55.8 Å². The van der Waals surface area contributed by atoms with Crippen LogP contribution >= 0.6 is 11.3 Å². The molecule has 1 aliphatic heterocycles. The second-order valence-electron chi connectivity index (χ2n) is 7.45. The molecule has 2 aromatic heterocycles. The Morgan fingerprint density at radius 1 is 1.03 bits per heavy atom. The Hall–Kier alpha value is -3.00. The number of piperazine rings is 1. The minimum Gasteiger partial charge on any atom is -0.508 e. The predicted octanol–water partition coefficient (Wildman–Crippen LogP) is 4.21. The summed E-state index contributed by atoms with van der Waals surface area (Å²) in [6.07, 6.45) is 1.57. The Kier molecular flexibility index (Phi) is 5.31. The van der Waals surface area contributed by atoms with Gasteiger partial charge in [0.25, 0.3) is 0 Å². The summed E-state index contributed by atoms with van der Waals surface area (Å²) < 4.78 is 1.00. The van der Waals surface area contributed by atoms with Gasteiger partial charge in [-0.15, -0.1) is 11.3 Å². The fourth-order valence-electron chi connectivity index (χ4n) is 3.76. The van der Waals surface area contributed by atoms with Crippen molar-refractivity contribution in [3.63, 3.8) is 0 Å². The summed E-state index contributed by atoms with van der Waals surface area (Å²) in [6.45, 7) is 5.28. The number of anilines is 2. The highest BCUT2D eigenvalue weighted by Crippen LogP contribution is 2.37. The molecule has 0 bridgehead atoms. The van der Waals surface area contributed by atoms with Crippen LogP contribution < -0.4 is 10.6 Å². The van der Waals surface area contributed by atoms with Crippen LogP contribution in [0.2, 0.25) is 0 Å². The minimum atomic E-state index is 0.221. The lowest BCUT2D eigenvalue weighted by Gasteiger charge is -2.27. The maximum atomic E-state index is 9.72. The largest absolute Gasteiger partial charge is 0.508 e. The molecule has 0 unspecified atom stereocenters. The van der Waals surface area contributed by atoms with Gasteiger partial charge in [0.15, 0.2) is 5.82 Å². The van der Waals surface area contributed by atoms with Gasteiger partial charge in [-0.1, -0.05) is 24.3 Å². The molecular formula is C23H23N5OS. The molecule has 7 heteroatoms. The summed E-state index contributed by atoms with van der Waals surface area (Å²) in [5, 5.41) is 16.4. The number of phenols is 1. The fourth-order valence-corrected chi connectivity index (χ4v) is 4.81. The number of phenolic OH excluding ortho intramolecular Hbond substituents is 1. The van der Waals surface area contributed by atoms with Crippen LogP contribution in [0.4, 0.5) is 11.5 Å². The van der Waals surface area contributed by atoms with E-state index in [0.29, 0.717) is 0 Å². The normalized spacial score (nSPS) is 14.8. The highest BCUT2D eigenvalue weighted by molar-refractivity contribution is 7.22. The lowest BCUT2D eigenvalue weighted by molar-refractivity contribution is 0.233. The number of aromatic hydroxyl groups is 1. The van der Waals surface area contributed by atoms with Gasteiger partial charge in [0.1, 0.15) is 12.1 Å². The summed E-state index contributed by atoms with van der Waals surface area (Å²) in [6, 6.07) is 17.9. The highest BCUT2D eigenvalue weighted by atomic mass is 32.1. The quantitative estimate of drug-likeness (QED) is 0.452. The lowest BCUT2D eigenvalue weighted by Crippen LogP contribution is -2.42. The first-order valence-corrected chi connectivity index (χ1v) is 10.9. The number of rotatable bonds is 5. The number of aromatic nitrogens is 2. The van der Waals surface area contributed by atoms with E-state index < -0.39 is 0 Å². The molecule has 0 radical (unpaired) electrons. The molecular weight excluding hydrogens is 394 g/mol. The second kappa shape index (κ2) is 8.39. The number of fused-ring (bicyclic) bond motifs is 1. The first-order chi connectivity index (χ1) is 14.7. The van der Waals surface area contributed by atoms with Crippen LogP contribution in [0.1, 0.15) is 5.56 Å². The van der Waals surface area contributed by atoms with E-state index in [9.17, 15) is 5.11 Å². The van der Waals surface area contributed by atoms with Gasteiger partial charge < -0.3 is 15.7 Å². The van der Waals surface area contributed by atoms with Crippen LogP contribution in [0.15, 0.2) is 60.9 Å². The maximum Gasteiger partial charge on any atom is 0.151 e. The van der Waals surface area contributed by atoms with E-state index in [1.807, 2.05) is 6.07 Å². The smallest absolute Gasteiger partial charge is 0.151 e. The van der Waals surface area contributed by atoms with Gasteiger partial charge in [0.05, 0.1) is 10.2 Å². The third-order valence-corrected chi connectivity index (χ3v) is 6.43. The molecule has 0 spiro atoms. The Bertz CT molecular complexity index is 1170. The fraction of sp³-hybridized carbons (Fsp3) is 0.217. The number of nitrogens with one attached hydrogen (secondary N) is 2. The van der Waals surface area contributed by atoms with Gasteiger partial charge >= 0.3 is 0 Å². The van der Waals surface area contributed by atoms with Crippen LogP contribution in [0.5, 0.6) is 5.75 Å². The van der Waals surface area contributed by atoms with Gasteiger partial charge in [-0.05, 0) is 35.4 Å². The summed E-state index contributed by atoms with van der Waals surface area (Å²) in [5.41, 5.74) is 4.24. The average molecular weight is 418 g/mol. The number of hydrogen-bond acceptors (Lipinski definition) is 7. The minimum absolute atomic E-state index is 0.221. The third-order valence-electron chi connectivity index (χ3n) is 5.25. The van der Waals surface area contributed by atoms with E-state index in [0.717, 1.165) is 54.4 Å². The van der Waals surface area contributed by atoms with Crippen molar-refractivity contribution < 1.29 is 5.11 Å². The van der Waals surface area contributed by atoms with Crippen molar-refractivity contribution in [1.82, 2.24) is 20.2 Å². The van der Waals surface area contributed by atoms with Crippen molar-refractivity contribution >= 4 is 33.1 Å². The van der Waals surface area contributed by atoms with Gasteiger partial charge in [-0.25, -0.2) is 9.97 Å². The van der Waals surface area contributed by atoms with E-state index in [1.54, 1.807) is 35.9 Å². The molecule has 1 aliphatic rings. The summed E-state index contributed by atoms with van der Waals surface area (Å²) in [5.74, 6) is 0.970. The van der Waals surface area contributed by atoms with E-state index in [1.165, 1.54) is 16.0 Å². The van der Waals surface area contributed by atoms with Crippen molar-refractivity contribution in [3.05, 3.63) is 66.5 Å².